The van der Waals surface area contributed by atoms with Crippen LogP contribution in [0.4, 0.5) is 0 Å². The van der Waals surface area contributed by atoms with Gasteiger partial charge in [0.05, 0.1) is 11.3 Å². The van der Waals surface area contributed by atoms with Crippen molar-refractivity contribution in [3.8, 4) is 16.9 Å². The molecule has 0 aliphatic rings. The minimum absolute atomic E-state index is 0.108. The highest BCUT2D eigenvalue weighted by Crippen LogP contribution is 2.20. The van der Waals surface area contributed by atoms with Crippen molar-refractivity contribution in [1.29, 1.82) is 0 Å². The Morgan fingerprint density at radius 3 is 2.15 bits per heavy atom. The Morgan fingerprint density at radius 2 is 1.50 bits per heavy atom. The molecule has 0 bridgehead atoms. The molecule has 0 radical (unpaired) electrons. The number of nitrogens with zero attached hydrogens (tertiary/aromatic N) is 1. The van der Waals surface area contributed by atoms with Crippen LogP contribution < -0.4 is 0 Å². The van der Waals surface area contributed by atoms with Crippen LogP contribution in [0, 0.1) is 0 Å². The molecule has 1 N–H and O–H groups in total. The predicted octanol–water partition coefficient (Wildman–Crippen LogP) is 5.03. The summed E-state index contributed by atoms with van der Waals surface area (Å²) in [6.45, 7) is 1.88. The monoisotopic (exact) mass is 345 g/mol. The van der Waals surface area contributed by atoms with E-state index < -0.39 is 5.97 Å². The molecule has 26 heavy (non-hydrogen) atoms. The summed E-state index contributed by atoms with van der Waals surface area (Å²) in [7, 11) is 0. The largest absolute Gasteiger partial charge is 0.507 e. The summed E-state index contributed by atoms with van der Waals surface area (Å²) in [5.74, 6) is -0.428. The van der Waals surface area contributed by atoms with Crippen molar-refractivity contribution in [3.63, 3.8) is 0 Å². The van der Waals surface area contributed by atoms with Crippen LogP contribution in [0.1, 0.15) is 29.3 Å². The van der Waals surface area contributed by atoms with Crippen molar-refractivity contribution in [1.82, 2.24) is 0 Å². The number of carbonyl (C=O) groups excluding carboxylic acids is 1. The van der Waals surface area contributed by atoms with E-state index in [-0.39, 0.29) is 5.75 Å². The zero-order chi connectivity index (χ0) is 18.4. The minimum Gasteiger partial charge on any atom is -0.507 e. The Morgan fingerprint density at radius 1 is 0.885 bits per heavy atom. The first-order valence-corrected chi connectivity index (χ1v) is 8.41. The molecule has 0 heterocycles. The van der Waals surface area contributed by atoms with Gasteiger partial charge in [-0.1, -0.05) is 66.7 Å². The molecule has 4 nitrogen and oxygen atoms in total. The maximum Gasteiger partial charge on any atom is 0.365 e. The molecule has 130 valence electrons. The lowest BCUT2D eigenvalue weighted by Gasteiger charge is -2.06. The lowest BCUT2D eigenvalue weighted by atomic mass is 10.0. The molecular formula is C22H19NO3. The van der Waals surface area contributed by atoms with Gasteiger partial charge in [0.25, 0.3) is 0 Å². The second kappa shape index (κ2) is 8.12. The van der Waals surface area contributed by atoms with E-state index in [1.807, 2.05) is 49.4 Å². The fourth-order valence-corrected chi connectivity index (χ4v) is 2.60. The normalized spacial score (nSPS) is 11.2. The summed E-state index contributed by atoms with van der Waals surface area (Å²) < 4.78 is 0. The molecule has 0 aliphatic heterocycles. The van der Waals surface area contributed by atoms with Crippen molar-refractivity contribution in [2.24, 2.45) is 5.16 Å². The van der Waals surface area contributed by atoms with Crippen molar-refractivity contribution in [2.75, 3.05) is 0 Å². The molecule has 0 saturated heterocycles. The first-order valence-electron chi connectivity index (χ1n) is 8.41. The maximum atomic E-state index is 12.2. The molecule has 0 aromatic heterocycles. The van der Waals surface area contributed by atoms with E-state index >= 15 is 0 Å². The highest BCUT2D eigenvalue weighted by atomic mass is 16.7. The molecular weight excluding hydrogens is 326 g/mol. The summed E-state index contributed by atoms with van der Waals surface area (Å²) in [6, 6.07) is 23.9. The van der Waals surface area contributed by atoms with Gasteiger partial charge < -0.3 is 9.94 Å². The van der Waals surface area contributed by atoms with Gasteiger partial charge in [-0.2, -0.15) is 0 Å². The third-order valence-electron chi connectivity index (χ3n) is 4.02. The molecule has 0 spiro atoms. The smallest absolute Gasteiger partial charge is 0.365 e. The summed E-state index contributed by atoms with van der Waals surface area (Å²) in [4.78, 5) is 17.3. The van der Waals surface area contributed by atoms with E-state index in [4.69, 9.17) is 4.84 Å². The third-order valence-corrected chi connectivity index (χ3v) is 4.02. The standard InChI is InChI=1S/C22H19NO3/c1-2-20(19-10-6-7-11-21(19)24)23-26-22(25)18-14-12-17(13-15-18)16-8-4-3-5-9-16/h3-15,24H,2H2,1H3. The average Bonchev–Trinajstić information content (AvgIpc) is 2.70. The summed E-state index contributed by atoms with van der Waals surface area (Å²) in [5.41, 5.74) is 3.59. The van der Waals surface area contributed by atoms with E-state index in [1.54, 1.807) is 36.4 Å². The van der Waals surface area contributed by atoms with E-state index in [0.717, 1.165) is 11.1 Å². The predicted molar refractivity (Wildman–Crippen MR) is 102 cm³/mol. The van der Waals surface area contributed by atoms with Gasteiger partial charge in [-0.05, 0) is 41.8 Å². The summed E-state index contributed by atoms with van der Waals surface area (Å²) >= 11 is 0. The second-order valence-corrected chi connectivity index (χ2v) is 5.73. The molecule has 0 amide bonds. The number of para-hydroxylation sites is 1. The topological polar surface area (TPSA) is 58.9 Å². The van der Waals surface area contributed by atoms with Gasteiger partial charge in [0, 0.05) is 5.56 Å². The molecule has 3 rings (SSSR count). The van der Waals surface area contributed by atoms with Gasteiger partial charge in [-0.25, -0.2) is 4.79 Å². The van der Waals surface area contributed by atoms with Gasteiger partial charge in [0.15, 0.2) is 0 Å². The Balaban J connectivity index is 1.74. The number of oxime groups is 1. The lowest BCUT2D eigenvalue weighted by Crippen LogP contribution is -2.06. The zero-order valence-corrected chi connectivity index (χ0v) is 14.4. The number of carbonyl (C=O) groups is 1. The van der Waals surface area contributed by atoms with Gasteiger partial charge in [-0.3, -0.25) is 0 Å². The highest BCUT2D eigenvalue weighted by molar-refractivity contribution is 6.02. The minimum atomic E-state index is -0.536. The number of phenols is 1. The van der Waals surface area contributed by atoms with Crippen LogP contribution in [-0.2, 0) is 4.84 Å². The summed E-state index contributed by atoms with van der Waals surface area (Å²) in [5, 5.41) is 13.8. The molecule has 0 fully saturated rings. The Labute approximate surface area is 152 Å². The molecule has 4 heteroatoms. The van der Waals surface area contributed by atoms with Crippen LogP contribution in [-0.4, -0.2) is 16.8 Å². The Bertz CT molecular complexity index is 916. The van der Waals surface area contributed by atoms with Crippen molar-refractivity contribution in [3.05, 3.63) is 90.0 Å². The van der Waals surface area contributed by atoms with E-state index in [1.165, 1.54) is 0 Å². The summed E-state index contributed by atoms with van der Waals surface area (Å²) in [6.07, 6.45) is 0.526. The van der Waals surface area contributed by atoms with E-state index in [2.05, 4.69) is 5.16 Å². The van der Waals surface area contributed by atoms with Crippen LogP contribution in [0.15, 0.2) is 84.0 Å². The van der Waals surface area contributed by atoms with E-state index in [9.17, 15) is 9.90 Å². The molecule has 3 aromatic carbocycles. The first kappa shape index (κ1) is 17.4. The number of benzene rings is 3. The molecule has 0 atom stereocenters. The molecule has 3 aromatic rings. The fourth-order valence-electron chi connectivity index (χ4n) is 2.60. The molecule has 0 saturated carbocycles. The SMILES string of the molecule is CCC(=NOC(=O)c1ccc(-c2ccccc2)cc1)c1ccccc1O. The quantitative estimate of drug-likeness (QED) is 0.401. The van der Waals surface area contributed by atoms with Gasteiger partial charge in [0.1, 0.15) is 5.75 Å². The van der Waals surface area contributed by atoms with Crippen LogP contribution in [0.25, 0.3) is 11.1 Å². The van der Waals surface area contributed by atoms with Crippen LogP contribution in [0.2, 0.25) is 0 Å². The Kier molecular flexibility index (Phi) is 5.44. The number of rotatable bonds is 5. The number of aromatic hydroxyl groups is 1. The number of phenolic OH excluding ortho intramolecular Hbond substituents is 1. The lowest BCUT2D eigenvalue weighted by molar-refractivity contribution is 0.0515. The second-order valence-electron chi connectivity index (χ2n) is 5.73. The van der Waals surface area contributed by atoms with Crippen molar-refractivity contribution in [2.45, 2.75) is 13.3 Å². The number of hydrogen-bond acceptors (Lipinski definition) is 4. The first-order chi connectivity index (χ1) is 12.7. The van der Waals surface area contributed by atoms with Crippen LogP contribution in [0.3, 0.4) is 0 Å². The molecule has 0 unspecified atom stereocenters. The van der Waals surface area contributed by atoms with E-state index in [0.29, 0.717) is 23.3 Å². The maximum absolute atomic E-state index is 12.2. The van der Waals surface area contributed by atoms with Crippen LogP contribution >= 0.6 is 0 Å². The van der Waals surface area contributed by atoms with Crippen LogP contribution in [0.5, 0.6) is 5.75 Å². The van der Waals surface area contributed by atoms with Gasteiger partial charge in [-0.15, -0.1) is 0 Å². The Hall–Kier alpha value is -3.40. The van der Waals surface area contributed by atoms with Crippen molar-refractivity contribution < 1.29 is 14.7 Å². The fraction of sp³-hybridized carbons (Fsp3) is 0.0909. The third kappa shape index (κ3) is 3.98. The zero-order valence-electron chi connectivity index (χ0n) is 14.4. The molecule has 0 aliphatic carbocycles. The van der Waals surface area contributed by atoms with Gasteiger partial charge >= 0.3 is 5.97 Å². The number of hydrogen-bond donors (Lipinski definition) is 1. The highest BCUT2D eigenvalue weighted by Gasteiger charge is 2.11. The van der Waals surface area contributed by atoms with Gasteiger partial charge in [0.2, 0.25) is 0 Å². The average molecular weight is 345 g/mol. The van der Waals surface area contributed by atoms with Crippen molar-refractivity contribution >= 4 is 11.7 Å².